The van der Waals surface area contributed by atoms with E-state index in [4.69, 9.17) is 23.2 Å². The van der Waals surface area contributed by atoms with E-state index >= 15 is 0 Å². The molecule has 0 aliphatic rings. The quantitative estimate of drug-likeness (QED) is 0.739. The first kappa shape index (κ1) is 15.2. The van der Waals surface area contributed by atoms with Crippen LogP contribution in [0.5, 0.6) is 0 Å². The highest BCUT2D eigenvalue weighted by Crippen LogP contribution is 2.31. The van der Waals surface area contributed by atoms with E-state index in [2.05, 4.69) is 5.10 Å². The first-order valence-electron chi connectivity index (χ1n) is 5.88. The Kier molecular flexibility index (Phi) is 4.30. The van der Waals surface area contributed by atoms with Gasteiger partial charge in [-0.3, -0.25) is 0 Å². The summed E-state index contributed by atoms with van der Waals surface area (Å²) in [7, 11) is 0. The molecule has 1 heterocycles. The zero-order valence-corrected chi connectivity index (χ0v) is 12.0. The Hall–Kier alpha value is -1.20. The third-order valence-corrected chi connectivity index (χ3v) is 3.57. The van der Waals surface area contributed by atoms with Gasteiger partial charge in [0.25, 0.3) is 0 Å². The fourth-order valence-electron chi connectivity index (χ4n) is 1.85. The fraction of sp³-hybridized carbons (Fsp3) is 0.308. The van der Waals surface area contributed by atoms with E-state index in [0.717, 1.165) is 17.8 Å². The Balaban J connectivity index is 2.44. The summed E-state index contributed by atoms with van der Waals surface area (Å²) in [5, 5.41) is 4.61. The lowest BCUT2D eigenvalue weighted by Gasteiger charge is -2.08. The number of aryl methyl sites for hydroxylation is 1. The van der Waals surface area contributed by atoms with Gasteiger partial charge in [-0.2, -0.15) is 18.3 Å². The van der Waals surface area contributed by atoms with Gasteiger partial charge >= 0.3 is 6.18 Å². The normalized spacial score (nSPS) is 11.9. The molecule has 0 N–H and O–H groups in total. The summed E-state index contributed by atoms with van der Waals surface area (Å²) in [6.07, 6.45) is -3.71. The molecule has 0 bridgehead atoms. The SMILES string of the molecule is CCc1nn(-c2ccc(C(F)(F)F)cc2)c(Cl)c1CCl. The molecule has 1 aromatic heterocycles. The van der Waals surface area contributed by atoms with E-state index in [1.807, 2.05) is 6.92 Å². The molecule has 0 unspecified atom stereocenters. The predicted molar refractivity (Wildman–Crippen MR) is 72.5 cm³/mol. The maximum atomic E-state index is 12.5. The summed E-state index contributed by atoms with van der Waals surface area (Å²) >= 11 is 12.0. The Morgan fingerprint density at radius 3 is 2.20 bits per heavy atom. The number of hydrogen-bond donors (Lipinski definition) is 0. The summed E-state index contributed by atoms with van der Waals surface area (Å²) in [6.45, 7) is 1.91. The summed E-state index contributed by atoms with van der Waals surface area (Å²) in [5.74, 6) is 0.211. The lowest BCUT2D eigenvalue weighted by Crippen LogP contribution is -2.05. The molecule has 0 aliphatic heterocycles. The highest BCUT2D eigenvalue weighted by atomic mass is 35.5. The molecule has 2 aromatic rings. The van der Waals surface area contributed by atoms with Crippen molar-refractivity contribution in [3.8, 4) is 5.69 Å². The van der Waals surface area contributed by atoms with Crippen molar-refractivity contribution in [3.63, 3.8) is 0 Å². The summed E-state index contributed by atoms with van der Waals surface area (Å²) in [5.41, 5.74) is 1.20. The lowest BCUT2D eigenvalue weighted by atomic mass is 10.2. The topological polar surface area (TPSA) is 17.8 Å². The number of aromatic nitrogens is 2. The van der Waals surface area contributed by atoms with Gasteiger partial charge in [0.15, 0.2) is 0 Å². The number of alkyl halides is 4. The van der Waals surface area contributed by atoms with E-state index in [1.54, 1.807) is 0 Å². The molecular weight excluding hydrogens is 312 g/mol. The second-order valence-corrected chi connectivity index (χ2v) is 4.78. The Bertz CT molecular complexity index is 603. The monoisotopic (exact) mass is 322 g/mol. The predicted octanol–water partition coefficient (Wildman–Crippen LogP) is 4.85. The third kappa shape index (κ3) is 2.79. The Morgan fingerprint density at radius 1 is 1.20 bits per heavy atom. The van der Waals surface area contributed by atoms with Crippen LogP contribution < -0.4 is 0 Å². The second-order valence-electron chi connectivity index (χ2n) is 4.16. The molecule has 0 spiro atoms. The van der Waals surface area contributed by atoms with Crippen molar-refractivity contribution in [2.75, 3.05) is 0 Å². The number of benzene rings is 1. The highest BCUT2D eigenvalue weighted by Gasteiger charge is 2.30. The molecule has 0 radical (unpaired) electrons. The lowest BCUT2D eigenvalue weighted by molar-refractivity contribution is -0.137. The average Bonchev–Trinajstić information content (AvgIpc) is 2.74. The van der Waals surface area contributed by atoms with Gasteiger partial charge in [0.2, 0.25) is 0 Å². The van der Waals surface area contributed by atoms with Crippen LogP contribution >= 0.6 is 23.2 Å². The first-order chi connectivity index (χ1) is 9.38. The van der Waals surface area contributed by atoms with Gasteiger partial charge in [0.1, 0.15) is 5.15 Å². The Labute approximate surface area is 124 Å². The van der Waals surface area contributed by atoms with Crippen LogP contribution in [-0.4, -0.2) is 9.78 Å². The third-order valence-electron chi connectivity index (χ3n) is 2.91. The van der Waals surface area contributed by atoms with Gasteiger partial charge < -0.3 is 0 Å². The van der Waals surface area contributed by atoms with E-state index in [-0.39, 0.29) is 5.88 Å². The van der Waals surface area contributed by atoms with Crippen LogP contribution in [-0.2, 0) is 18.5 Å². The van der Waals surface area contributed by atoms with E-state index < -0.39 is 11.7 Å². The highest BCUT2D eigenvalue weighted by molar-refractivity contribution is 6.31. The van der Waals surface area contributed by atoms with Gasteiger partial charge in [-0.1, -0.05) is 18.5 Å². The van der Waals surface area contributed by atoms with Crippen molar-refractivity contribution in [1.29, 1.82) is 0 Å². The maximum Gasteiger partial charge on any atom is 0.416 e. The summed E-state index contributed by atoms with van der Waals surface area (Å²) in [4.78, 5) is 0. The van der Waals surface area contributed by atoms with Crippen LogP contribution in [0.2, 0.25) is 5.15 Å². The molecule has 1 aromatic carbocycles. The van der Waals surface area contributed by atoms with Gasteiger partial charge in [-0.15, -0.1) is 11.6 Å². The minimum Gasteiger partial charge on any atom is -0.222 e. The van der Waals surface area contributed by atoms with Crippen LogP contribution in [0, 0.1) is 0 Å². The number of hydrogen-bond acceptors (Lipinski definition) is 1. The molecule has 2 rings (SSSR count). The number of rotatable bonds is 3. The first-order valence-corrected chi connectivity index (χ1v) is 6.79. The fourth-order valence-corrected chi connectivity index (χ4v) is 2.51. The van der Waals surface area contributed by atoms with E-state index in [1.165, 1.54) is 16.8 Å². The van der Waals surface area contributed by atoms with Crippen molar-refractivity contribution in [1.82, 2.24) is 9.78 Å². The zero-order chi connectivity index (χ0) is 14.9. The summed E-state index contributed by atoms with van der Waals surface area (Å²) in [6, 6.07) is 4.66. The number of halogens is 5. The van der Waals surface area contributed by atoms with Crippen LogP contribution in [0.25, 0.3) is 5.69 Å². The molecule has 0 saturated carbocycles. The minimum atomic E-state index is -4.36. The van der Waals surface area contributed by atoms with E-state index in [0.29, 0.717) is 22.8 Å². The molecular formula is C13H11Cl2F3N2. The van der Waals surface area contributed by atoms with Crippen molar-refractivity contribution >= 4 is 23.2 Å². The molecule has 108 valence electrons. The summed E-state index contributed by atoms with van der Waals surface area (Å²) < 4.78 is 38.9. The second kappa shape index (κ2) is 5.66. The number of nitrogens with zero attached hydrogens (tertiary/aromatic N) is 2. The largest absolute Gasteiger partial charge is 0.416 e. The molecule has 0 amide bonds. The smallest absolute Gasteiger partial charge is 0.222 e. The molecule has 0 aliphatic carbocycles. The molecule has 0 fully saturated rings. The molecule has 7 heteroatoms. The molecule has 2 nitrogen and oxygen atoms in total. The molecule has 20 heavy (non-hydrogen) atoms. The van der Waals surface area contributed by atoms with Crippen LogP contribution in [0.3, 0.4) is 0 Å². The van der Waals surface area contributed by atoms with Gasteiger partial charge in [0.05, 0.1) is 22.8 Å². The van der Waals surface area contributed by atoms with E-state index in [9.17, 15) is 13.2 Å². The van der Waals surface area contributed by atoms with Crippen molar-refractivity contribution in [2.24, 2.45) is 0 Å². The Morgan fingerprint density at radius 2 is 1.80 bits per heavy atom. The molecule has 0 saturated heterocycles. The zero-order valence-electron chi connectivity index (χ0n) is 10.5. The molecule has 0 atom stereocenters. The van der Waals surface area contributed by atoms with Crippen molar-refractivity contribution < 1.29 is 13.2 Å². The van der Waals surface area contributed by atoms with Crippen LogP contribution in [0.15, 0.2) is 24.3 Å². The van der Waals surface area contributed by atoms with Crippen molar-refractivity contribution in [3.05, 3.63) is 46.2 Å². The van der Waals surface area contributed by atoms with Crippen LogP contribution in [0.1, 0.15) is 23.7 Å². The van der Waals surface area contributed by atoms with Gasteiger partial charge in [-0.25, -0.2) is 4.68 Å². The minimum absolute atomic E-state index is 0.211. The maximum absolute atomic E-state index is 12.5. The van der Waals surface area contributed by atoms with Crippen molar-refractivity contribution in [2.45, 2.75) is 25.4 Å². The van der Waals surface area contributed by atoms with Gasteiger partial charge in [0, 0.05) is 5.56 Å². The average molecular weight is 323 g/mol. The van der Waals surface area contributed by atoms with Crippen LogP contribution in [0.4, 0.5) is 13.2 Å². The van der Waals surface area contributed by atoms with Gasteiger partial charge in [-0.05, 0) is 30.7 Å². The standard InChI is InChI=1S/C13H11Cl2F3N2/c1-2-11-10(7-14)12(15)20(19-11)9-5-3-8(4-6-9)13(16,17)18/h3-6H,2,7H2,1H3.